The van der Waals surface area contributed by atoms with Gasteiger partial charge in [-0.2, -0.15) is 0 Å². The molecule has 2 aromatic heterocycles. The van der Waals surface area contributed by atoms with Gasteiger partial charge in [-0.15, -0.1) is 21.5 Å². The van der Waals surface area contributed by atoms with Crippen molar-refractivity contribution in [2.75, 3.05) is 18.2 Å². The number of nitrogens with zero attached hydrogens (tertiary/aromatic N) is 4. The van der Waals surface area contributed by atoms with Gasteiger partial charge in [0.25, 0.3) is 0 Å². The predicted molar refractivity (Wildman–Crippen MR) is 130 cm³/mol. The van der Waals surface area contributed by atoms with Crippen molar-refractivity contribution < 1.29 is 14.3 Å². The molecule has 0 aliphatic rings. The van der Waals surface area contributed by atoms with E-state index >= 15 is 0 Å². The third-order valence-corrected chi connectivity index (χ3v) is 6.54. The van der Waals surface area contributed by atoms with Crippen LogP contribution in [0.2, 0.25) is 0 Å². The van der Waals surface area contributed by atoms with Gasteiger partial charge in [0, 0.05) is 18.0 Å². The lowest BCUT2D eigenvalue weighted by Crippen LogP contribution is -2.14. The largest absolute Gasteiger partial charge is 0.493 e. The molecule has 0 aliphatic carbocycles. The Hall–Kier alpha value is -3.37. The van der Waals surface area contributed by atoms with Gasteiger partial charge in [0.05, 0.1) is 18.6 Å². The number of rotatable bonds is 9. The van der Waals surface area contributed by atoms with Crippen LogP contribution in [-0.4, -0.2) is 38.5 Å². The number of carbonyl (C=O) groups is 1. The van der Waals surface area contributed by atoms with E-state index in [9.17, 15) is 4.79 Å². The van der Waals surface area contributed by atoms with Crippen LogP contribution in [-0.2, 0) is 11.8 Å². The number of nitrogens with one attached hydrogen (secondary N) is 1. The Labute approximate surface area is 200 Å². The molecule has 10 heteroatoms. The number of methoxy groups -OCH3 is 1. The molecule has 8 nitrogen and oxygen atoms in total. The van der Waals surface area contributed by atoms with Crippen LogP contribution in [0.25, 0.3) is 11.3 Å². The zero-order valence-electron chi connectivity index (χ0n) is 18.4. The summed E-state index contributed by atoms with van der Waals surface area (Å²) in [5, 5.41) is 14.4. The second-order valence-corrected chi connectivity index (χ2v) is 8.85. The molecule has 0 spiro atoms. The summed E-state index contributed by atoms with van der Waals surface area (Å²) in [5.74, 6) is 1.96. The third kappa shape index (κ3) is 5.52. The average Bonchev–Trinajstić information content (AvgIpc) is 3.45. The van der Waals surface area contributed by atoms with Crippen LogP contribution in [0.1, 0.15) is 18.9 Å². The summed E-state index contributed by atoms with van der Waals surface area (Å²) in [6, 6.07) is 17.3. The van der Waals surface area contributed by atoms with Crippen molar-refractivity contribution in [3.05, 3.63) is 65.8 Å². The first-order valence-corrected chi connectivity index (χ1v) is 12.0. The lowest BCUT2D eigenvalue weighted by Gasteiger charge is -2.16. The highest BCUT2D eigenvalue weighted by Crippen LogP contribution is 2.31. The molecule has 0 aliphatic heterocycles. The number of hydrogen-bond acceptors (Lipinski definition) is 8. The summed E-state index contributed by atoms with van der Waals surface area (Å²) >= 11 is 2.70. The smallest absolute Gasteiger partial charge is 0.236 e. The fraction of sp³-hybridized carbons (Fsp3) is 0.217. The standard InChI is InChI=1S/C23H23N5O3S2/c1-15(31-19-12-8-7-11-18(19)30-3)21-26-27-23(28(21)2)33-14-20(29)25-22-24-17(13-32-22)16-9-5-4-6-10-16/h4-13,15H,14H2,1-3H3,(H,24,25,29). The molecule has 0 bridgehead atoms. The Morgan fingerprint density at radius 3 is 2.61 bits per heavy atom. The monoisotopic (exact) mass is 481 g/mol. The van der Waals surface area contributed by atoms with Crippen molar-refractivity contribution in [1.29, 1.82) is 0 Å². The third-order valence-electron chi connectivity index (χ3n) is 4.76. The maximum Gasteiger partial charge on any atom is 0.236 e. The molecule has 1 N–H and O–H groups in total. The Bertz CT molecular complexity index is 1230. The van der Waals surface area contributed by atoms with Crippen molar-refractivity contribution in [3.63, 3.8) is 0 Å². The summed E-state index contributed by atoms with van der Waals surface area (Å²) < 4.78 is 13.2. The van der Waals surface area contributed by atoms with Crippen molar-refractivity contribution in [2.24, 2.45) is 7.05 Å². The minimum atomic E-state index is -0.353. The van der Waals surface area contributed by atoms with E-state index in [1.807, 2.05) is 78.5 Å². The summed E-state index contributed by atoms with van der Waals surface area (Å²) in [6.07, 6.45) is -0.353. The molecular formula is C23H23N5O3S2. The Morgan fingerprint density at radius 2 is 1.85 bits per heavy atom. The number of aromatic nitrogens is 4. The molecule has 170 valence electrons. The van der Waals surface area contributed by atoms with Crippen molar-refractivity contribution in [3.8, 4) is 22.8 Å². The Kier molecular flexibility index (Phi) is 7.26. The topological polar surface area (TPSA) is 91.2 Å². The van der Waals surface area contributed by atoms with E-state index in [1.165, 1.54) is 23.1 Å². The normalized spacial score (nSPS) is 11.7. The lowest BCUT2D eigenvalue weighted by atomic mass is 10.2. The van der Waals surface area contributed by atoms with E-state index in [1.54, 1.807) is 7.11 Å². The quantitative estimate of drug-likeness (QED) is 0.343. The van der Waals surface area contributed by atoms with Gasteiger partial charge in [-0.05, 0) is 19.1 Å². The van der Waals surface area contributed by atoms with Crippen LogP contribution in [0.3, 0.4) is 0 Å². The summed E-state index contributed by atoms with van der Waals surface area (Å²) in [5.41, 5.74) is 1.85. The highest BCUT2D eigenvalue weighted by molar-refractivity contribution is 7.99. The maximum atomic E-state index is 12.4. The summed E-state index contributed by atoms with van der Waals surface area (Å²) in [6.45, 7) is 1.89. The molecule has 2 heterocycles. The zero-order valence-corrected chi connectivity index (χ0v) is 20.0. The predicted octanol–water partition coefficient (Wildman–Crippen LogP) is 4.82. The van der Waals surface area contributed by atoms with Crippen LogP contribution < -0.4 is 14.8 Å². The average molecular weight is 482 g/mol. The Balaban J connectivity index is 1.34. The number of benzene rings is 2. The number of hydrogen-bond donors (Lipinski definition) is 1. The number of thiazole rings is 1. The van der Waals surface area contributed by atoms with Gasteiger partial charge >= 0.3 is 0 Å². The molecule has 0 saturated carbocycles. The van der Waals surface area contributed by atoms with E-state index in [-0.39, 0.29) is 17.8 Å². The van der Waals surface area contributed by atoms with Crippen LogP contribution in [0.5, 0.6) is 11.5 Å². The number of anilines is 1. The molecular weight excluding hydrogens is 458 g/mol. The zero-order chi connectivity index (χ0) is 23.2. The number of thioether (sulfide) groups is 1. The first-order valence-electron chi connectivity index (χ1n) is 10.2. The number of amides is 1. The molecule has 2 aromatic carbocycles. The van der Waals surface area contributed by atoms with Crippen LogP contribution >= 0.6 is 23.1 Å². The van der Waals surface area contributed by atoms with Gasteiger partial charge in [0.15, 0.2) is 33.7 Å². The van der Waals surface area contributed by atoms with Crippen LogP contribution in [0.15, 0.2) is 65.1 Å². The van der Waals surface area contributed by atoms with Gasteiger partial charge < -0.3 is 19.4 Å². The minimum Gasteiger partial charge on any atom is -0.493 e. The molecule has 33 heavy (non-hydrogen) atoms. The summed E-state index contributed by atoms with van der Waals surface area (Å²) in [7, 11) is 3.45. The molecule has 1 unspecified atom stereocenters. The van der Waals surface area contributed by atoms with Crippen molar-refractivity contribution >= 4 is 34.1 Å². The highest BCUT2D eigenvalue weighted by atomic mass is 32.2. The van der Waals surface area contributed by atoms with E-state index < -0.39 is 0 Å². The van der Waals surface area contributed by atoms with E-state index in [0.29, 0.717) is 27.6 Å². The molecule has 4 aromatic rings. The molecule has 1 atom stereocenters. The van der Waals surface area contributed by atoms with Gasteiger partial charge in [0.1, 0.15) is 0 Å². The molecule has 0 fully saturated rings. The van der Waals surface area contributed by atoms with Gasteiger partial charge in [-0.3, -0.25) is 4.79 Å². The fourth-order valence-corrected chi connectivity index (χ4v) is 4.58. The lowest BCUT2D eigenvalue weighted by molar-refractivity contribution is -0.113. The van der Waals surface area contributed by atoms with Gasteiger partial charge in [0.2, 0.25) is 5.91 Å². The number of ether oxygens (including phenoxy) is 2. The van der Waals surface area contributed by atoms with Crippen LogP contribution in [0, 0.1) is 0 Å². The molecule has 0 saturated heterocycles. The first kappa shape index (κ1) is 22.8. The van der Waals surface area contributed by atoms with E-state index in [0.717, 1.165) is 11.3 Å². The number of para-hydroxylation sites is 2. The highest BCUT2D eigenvalue weighted by Gasteiger charge is 2.19. The van der Waals surface area contributed by atoms with Crippen molar-refractivity contribution in [1.82, 2.24) is 19.7 Å². The van der Waals surface area contributed by atoms with E-state index in [4.69, 9.17) is 9.47 Å². The van der Waals surface area contributed by atoms with Gasteiger partial charge in [-0.1, -0.05) is 54.2 Å². The maximum absolute atomic E-state index is 12.4. The second kappa shape index (κ2) is 10.5. The van der Waals surface area contributed by atoms with Gasteiger partial charge in [-0.25, -0.2) is 4.98 Å². The second-order valence-electron chi connectivity index (χ2n) is 7.05. The number of carbonyl (C=O) groups excluding carboxylic acids is 1. The SMILES string of the molecule is COc1ccccc1OC(C)c1nnc(SCC(=O)Nc2nc(-c3ccccc3)cs2)n1C. The molecule has 1 amide bonds. The summed E-state index contributed by atoms with van der Waals surface area (Å²) in [4.78, 5) is 16.9. The van der Waals surface area contributed by atoms with Crippen LogP contribution in [0.4, 0.5) is 5.13 Å². The molecule has 4 rings (SSSR count). The minimum absolute atomic E-state index is 0.156. The first-order chi connectivity index (χ1) is 16.0. The van der Waals surface area contributed by atoms with E-state index in [2.05, 4.69) is 20.5 Å². The molecule has 0 radical (unpaired) electrons. The fourth-order valence-electron chi connectivity index (χ4n) is 3.12. The Morgan fingerprint density at radius 1 is 1.12 bits per heavy atom. The van der Waals surface area contributed by atoms with Crippen molar-refractivity contribution in [2.45, 2.75) is 18.2 Å².